The molecule has 4 nitrogen and oxygen atoms in total. The van der Waals surface area contributed by atoms with Crippen LogP contribution in [0.5, 0.6) is 0 Å². The zero-order valence-electron chi connectivity index (χ0n) is 14.6. The number of amides is 2. The normalized spacial score (nSPS) is 11.1. The number of nitrogens with one attached hydrogen (secondary N) is 1. The van der Waals surface area contributed by atoms with Gasteiger partial charge in [0.2, 0.25) is 0 Å². The van der Waals surface area contributed by atoms with Gasteiger partial charge in [-0.2, -0.15) is 0 Å². The summed E-state index contributed by atoms with van der Waals surface area (Å²) in [6.45, 7) is 7.46. The van der Waals surface area contributed by atoms with Crippen LogP contribution in [0.4, 0.5) is 0 Å². The molecule has 0 unspecified atom stereocenters. The van der Waals surface area contributed by atoms with Crippen molar-refractivity contribution in [1.82, 2.24) is 10.4 Å². The molecule has 0 saturated heterocycles. The minimum Gasteiger partial charge on any atom is -0.267 e. The highest BCUT2D eigenvalue weighted by Gasteiger charge is 2.29. The molecule has 0 saturated carbocycles. The number of halogens is 2. The zero-order chi connectivity index (χ0) is 18.8. The molecular formula is C19H20Cl2N2O2. The van der Waals surface area contributed by atoms with Crippen LogP contribution in [0.2, 0.25) is 10.0 Å². The van der Waals surface area contributed by atoms with Crippen LogP contribution in [0.3, 0.4) is 0 Å². The SMILES string of the molecule is Cc1ccc(C(=O)N(NC(=O)c2cc(Cl)cc(Cl)c2)C(C)(C)C)cc1. The fourth-order valence-electron chi connectivity index (χ4n) is 2.20. The summed E-state index contributed by atoms with van der Waals surface area (Å²) < 4.78 is 0. The molecule has 0 aliphatic heterocycles. The van der Waals surface area contributed by atoms with E-state index < -0.39 is 11.4 Å². The maximum atomic E-state index is 12.9. The van der Waals surface area contributed by atoms with Gasteiger partial charge in [0.25, 0.3) is 11.8 Å². The van der Waals surface area contributed by atoms with Crippen molar-refractivity contribution >= 4 is 35.0 Å². The van der Waals surface area contributed by atoms with Gasteiger partial charge in [-0.3, -0.25) is 15.0 Å². The summed E-state index contributed by atoms with van der Waals surface area (Å²) >= 11 is 11.9. The molecule has 0 atom stereocenters. The van der Waals surface area contributed by atoms with Gasteiger partial charge >= 0.3 is 0 Å². The van der Waals surface area contributed by atoms with Crippen molar-refractivity contribution < 1.29 is 9.59 Å². The Morgan fingerprint density at radius 2 is 1.44 bits per heavy atom. The van der Waals surface area contributed by atoms with E-state index in [0.29, 0.717) is 15.6 Å². The molecule has 0 spiro atoms. The number of aryl methyl sites for hydroxylation is 1. The molecule has 0 aromatic heterocycles. The number of nitrogens with zero attached hydrogens (tertiary/aromatic N) is 1. The largest absolute Gasteiger partial charge is 0.272 e. The number of hydrazine groups is 1. The van der Waals surface area contributed by atoms with Crippen molar-refractivity contribution in [2.75, 3.05) is 0 Å². The van der Waals surface area contributed by atoms with E-state index in [4.69, 9.17) is 23.2 Å². The topological polar surface area (TPSA) is 49.4 Å². The Morgan fingerprint density at radius 1 is 0.920 bits per heavy atom. The highest BCUT2D eigenvalue weighted by Crippen LogP contribution is 2.20. The predicted octanol–water partition coefficient (Wildman–Crippen LogP) is 4.89. The van der Waals surface area contributed by atoms with Crippen LogP contribution in [0.15, 0.2) is 42.5 Å². The van der Waals surface area contributed by atoms with Gasteiger partial charge in [-0.05, 0) is 58.0 Å². The van der Waals surface area contributed by atoms with Crippen LogP contribution in [0.25, 0.3) is 0 Å². The Labute approximate surface area is 157 Å². The molecule has 0 aliphatic carbocycles. The first-order chi connectivity index (χ1) is 11.6. The van der Waals surface area contributed by atoms with E-state index in [1.54, 1.807) is 18.2 Å². The highest BCUT2D eigenvalue weighted by molar-refractivity contribution is 6.35. The maximum Gasteiger partial charge on any atom is 0.272 e. The quantitative estimate of drug-likeness (QED) is 0.756. The average molecular weight is 379 g/mol. The Morgan fingerprint density at radius 3 is 1.92 bits per heavy atom. The Kier molecular flexibility index (Phi) is 5.76. The standard InChI is InChI=1S/C19H20Cl2N2O2/c1-12-5-7-13(8-6-12)18(25)23(19(2,3)4)22-17(24)14-9-15(20)11-16(21)10-14/h5-11H,1-4H3,(H,22,24). The first kappa shape index (κ1) is 19.3. The van der Waals surface area contributed by atoms with Crippen LogP contribution in [-0.4, -0.2) is 22.4 Å². The van der Waals surface area contributed by atoms with Gasteiger partial charge in [-0.15, -0.1) is 0 Å². The summed E-state index contributed by atoms with van der Waals surface area (Å²) in [7, 11) is 0. The second-order valence-corrected chi connectivity index (χ2v) is 7.65. The molecule has 0 heterocycles. The Bertz CT molecular complexity index is 776. The lowest BCUT2D eigenvalue weighted by Gasteiger charge is -2.35. The molecule has 2 aromatic carbocycles. The fraction of sp³-hybridized carbons (Fsp3) is 0.263. The molecule has 1 N–H and O–H groups in total. The first-order valence-corrected chi connectivity index (χ1v) is 8.52. The van der Waals surface area contributed by atoms with Gasteiger partial charge in [0.05, 0.1) is 5.54 Å². The van der Waals surface area contributed by atoms with Crippen molar-refractivity contribution in [1.29, 1.82) is 0 Å². The van der Waals surface area contributed by atoms with Crippen LogP contribution in [-0.2, 0) is 0 Å². The third kappa shape index (κ3) is 4.97. The Hall–Kier alpha value is -2.04. The number of benzene rings is 2. The minimum absolute atomic E-state index is 0.281. The molecular weight excluding hydrogens is 359 g/mol. The molecule has 25 heavy (non-hydrogen) atoms. The summed E-state index contributed by atoms with van der Waals surface area (Å²) in [6, 6.07) is 11.7. The van der Waals surface area contributed by atoms with Gasteiger partial charge in [-0.25, -0.2) is 5.01 Å². The van der Waals surface area contributed by atoms with Crippen LogP contribution in [0.1, 0.15) is 47.1 Å². The summed E-state index contributed by atoms with van der Waals surface area (Å²) in [5, 5.41) is 2.02. The van der Waals surface area contributed by atoms with E-state index in [2.05, 4.69) is 5.43 Å². The molecule has 2 amide bonds. The number of hydrogen-bond donors (Lipinski definition) is 1. The molecule has 0 bridgehead atoms. The van der Waals surface area contributed by atoms with Gasteiger partial charge in [-0.1, -0.05) is 40.9 Å². The van der Waals surface area contributed by atoms with Crippen molar-refractivity contribution in [3.63, 3.8) is 0 Å². The molecule has 6 heteroatoms. The highest BCUT2D eigenvalue weighted by atomic mass is 35.5. The van der Waals surface area contributed by atoms with E-state index in [1.165, 1.54) is 17.1 Å². The summed E-state index contributed by atoms with van der Waals surface area (Å²) in [6.07, 6.45) is 0. The van der Waals surface area contributed by atoms with Crippen LogP contribution in [0, 0.1) is 6.92 Å². The minimum atomic E-state index is -0.625. The van der Waals surface area contributed by atoms with E-state index in [9.17, 15) is 9.59 Å². The predicted molar refractivity (Wildman–Crippen MR) is 101 cm³/mol. The lowest BCUT2D eigenvalue weighted by molar-refractivity contribution is 0.0358. The molecule has 0 aliphatic rings. The third-order valence-corrected chi connectivity index (χ3v) is 3.95. The van der Waals surface area contributed by atoms with Crippen LogP contribution >= 0.6 is 23.2 Å². The fourth-order valence-corrected chi connectivity index (χ4v) is 2.73. The van der Waals surface area contributed by atoms with Gasteiger partial charge in [0.1, 0.15) is 0 Å². The summed E-state index contributed by atoms with van der Waals surface area (Å²) in [5.74, 6) is -0.756. The van der Waals surface area contributed by atoms with E-state index in [0.717, 1.165) is 5.56 Å². The summed E-state index contributed by atoms with van der Waals surface area (Å²) in [4.78, 5) is 25.4. The van der Waals surface area contributed by atoms with Gasteiger partial charge in [0, 0.05) is 21.2 Å². The van der Waals surface area contributed by atoms with Crippen LogP contribution < -0.4 is 5.43 Å². The summed E-state index contributed by atoms with van der Waals surface area (Å²) in [5.41, 5.74) is 3.87. The van der Waals surface area contributed by atoms with E-state index in [-0.39, 0.29) is 11.5 Å². The van der Waals surface area contributed by atoms with Crippen molar-refractivity contribution in [2.45, 2.75) is 33.2 Å². The van der Waals surface area contributed by atoms with Gasteiger partial charge < -0.3 is 0 Å². The average Bonchev–Trinajstić information content (AvgIpc) is 2.50. The molecule has 2 aromatic rings. The second-order valence-electron chi connectivity index (χ2n) is 6.78. The number of carbonyl (C=O) groups excluding carboxylic acids is 2. The van der Waals surface area contributed by atoms with E-state index >= 15 is 0 Å². The Balaban J connectivity index is 2.30. The zero-order valence-corrected chi connectivity index (χ0v) is 16.1. The van der Waals surface area contributed by atoms with Gasteiger partial charge in [0.15, 0.2) is 0 Å². The number of rotatable bonds is 2. The molecule has 0 radical (unpaired) electrons. The third-order valence-electron chi connectivity index (χ3n) is 3.51. The molecule has 2 rings (SSSR count). The monoisotopic (exact) mass is 378 g/mol. The number of hydrogen-bond acceptors (Lipinski definition) is 2. The van der Waals surface area contributed by atoms with E-state index in [1.807, 2.05) is 39.8 Å². The van der Waals surface area contributed by atoms with Crippen molar-refractivity contribution in [2.24, 2.45) is 0 Å². The smallest absolute Gasteiger partial charge is 0.267 e. The van der Waals surface area contributed by atoms with Crippen molar-refractivity contribution in [3.05, 3.63) is 69.2 Å². The number of carbonyl (C=O) groups is 2. The molecule has 0 fully saturated rings. The maximum absolute atomic E-state index is 12.9. The van der Waals surface area contributed by atoms with Crippen molar-refractivity contribution in [3.8, 4) is 0 Å². The first-order valence-electron chi connectivity index (χ1n) is 7.76. The lowest BCUT2D eigenvalue weighted by Crippen LogP contribution is -2.55. The molecule has 132 valence electrons. The lowest BCUT2D eigenvalue weighted by atomic mass is 10.1. The second kappa shape index (κ2) is 7.46.